The van der Waals surface area contributed by atoms with Crippen molar-refractivity contribution in [2.45, 2.75) is 55.5 Å². The van der Waals surface area contributed by atoms with Crippen molar-refractivity contribution in [3.8, 4) is 17.1 Å². The second-order valence-electron chi connectivity index (χ2n) is 8.79. The van der Waals surface area contributed by atoms with Gasteiger partial charge in [0, 0.05) is 25.7 Å². The Labute approximate surface area is 207 Å². The number of Topliss-reactive ketones (excluding diaryl/α,β-unsaturated/α-hetero) is 1. The summed E-state index contributed by atoms with van der Waals surface area (Å²) in [7, 11) is 4.39. The lowest BCUT2D eigenvalue weighted by Gasteiger charge is -2.26. The highest BCUT2D eigenvalue weighted by Gasteiger charge is 2.29. The lowest BCUT2D eigenvalue weighted by atomic mass is 9.95. The molecule has 1 aliphatic rings. The number of nitrogens with two attached hydrogens (primary N) is 1. The third-order valence-corrected chi connectivity index (χ3v) is 7.62. The quantitative estimate of drug-likeness (QED) is 0.389. The van der Waals surface area contributed by atoms with Gasteiger partial charge in [-0.3, -0.25) is 23.3 Å². The summed E-state index contributed by atoms with van der Waals surface area (Å²) in [5.74, 6) is 0.901. The first-order valence-electron chi connectivity index (χ1n) is 11.6. The molecule has 1 saturated carbocycles. The van der Waals surface area contributed by atoms with Gasteiger partial charge in [0.05, 0.1) is 12.4 Å². The van der Waals surface area contributed by atoms with Crippen molar-refractivity contribution in [3.63, 3.8) is 0 Å². The third-order valence-electron chi connectivity index (χ3n) is 6.56. The first-order chi connectivity index (χ1) is 16.7. The second kappa shape index (κ2) is 10.1. The number of carbonyl (C=O) groups is 1. The zero-order chi connectivity index (χ0) is 25.3. The number of thioether (sulfide) groups is 1. The normalized spacial score (nSPS) is 15.2. The molecule has 1 unspecified atom stereocenters. The Hall–Kier alpha value is -3.34. The Morgan fingerprint density at radius 2 is 1.74 bits per heavy atom. The predicted molar refractivity (Wildman–Crippen MR) is 135 cm³/mol. The van der Waals surface area contributed by atoms with Crippen LogP contribution in [0.3, 0.4) is 0 Å². The minimum Gasteiger partial charge on any atom is -0.497 e. The number of ether oxygens (including phenoxy) is 1. The fourth-order valence-electron chi connectivity index (χ4n) is 4.47. The van der Waals surface area contributed by atoms with Crippen molar-refractivity contribution >= 4 is 23.4 Å². The van der Waals surface area contributed by atoms with E-state index in [1.54, 1.807) is 14.0 Å². The highest BCUT2D eigenvalue weighted by atomic mass is 32.2. The highest BCUT2D eigenvalue weighted by molar-refractivity contribution is 8.00. The van der Waals surface area contributed by atoms with E-state index in [0.717, 1.165) is 52.0 Å². The average molecular weight is 499 g/mol. The minimum absolute atomic E-state index is 0.136. The van der Waals surface area contributed by atoms with Gasteiger partial charge in [-0.05, 0) is 44.0 Å². The molecular weight excluding hydrogens is 468 g/mol. The van der Waals surface area contributed by atoms with Crippen molar-refractivity contribution in [1.29, 1.82) is 0 Å². The zero-order valence-electron chi connectivity index (χ0n) is 20.4. The second-order valence-corrected chi connectivity index (χ2v) is 10.1. The number of anilines is 1. The monoisotopic (exact) mass is 498 g/mol. The molecule has 1 fully saturated rings. The summed E-state index contributed by atoms with van der Waals surface area (Å²) in [6, 6.07) is 7.87. The Morgan fingerprint density at radius 3 is 2.37 bits per heavy atom. The summed E-state index contributed by atoms with van der Waals surface area (Å²) in [4.78, 5) is 38.2. The van der Waals surface area contributed by atoms with Gasteiger partial charge in [-0.25, -0.2) is 4.79 Å². The summed E-state index contributed by atoms with van der Waals surface area (Å²) in [6.07, 6.45) is 5.45. The zero-order valence-corrected chi connectivity index (χ0v) is 21.2. The molecule has 1 atom stereocenters. The fourth-order valence-corrected chi connectivity index (χ4v) is 5.45. The number of nitrogen functional groups attached to an aromatic ring is 1. The molecular formula is C24H30N6O4S. The molecule has 2 aromatic heterocycles. The van der Waals surface area contributed by atoms with Gasteiger partial charge >= 0.3 is 5.69 Å². The minimum atomic E-state index is -0.698. The molecule has 11 heteroatoms. The molecule has 0 saturated heterocycles. The van der Waals surface area contributed by atoms with E-state index in [1.807, 2.05) is 24.3 Å². The van der Waals surface area contributed by atoms with E-state index >= 15 is 0 Å². The molecule has 35 heavy (non-hydrogen) atoms. The Kier molecular flexibility index (Phi) is 7.15. The van der Waals surface area contributed by atoms with Crippen LogP contribution in [0.5, 0.6) is 5.75 Å². The van der Waals surface area contributed by atoms with Crippen LogP contribution in [0, 0.1) is 0 Å². The van der Waals surface area contributed by atoms with Crippen LogP contribution in [-0.4, -0.2) is 42.0 Å². The molecule has 1 aliphatic carbocycles. The topological polar surface area (TPSA) is 127 Å². The smallest absolute Gasteiger partial charge is 0.332 e. The largest absolute Gasteiger partial charge is 0.497 e. The van der Waals surface area contributed by atoms with Crippen LogP contribution in [0.25, 0.3) is 11.4 Å². The molecule has 4 rings (SSSR count). The number of hydrogen-bond donors (Lipinski definition) is 1. The van der Waals surface area contributed by atoms with E-state index in [-0.39, 0.29) is 17.4 Å². The summed E-state index contributed by atoms with van der Waals surface area (Å²) >= 11 is 1.25. The maximum Gasteiger partial charge on any atom is 0.332 e. The van der Waals surface area contributed by atoms with E-state index in [2.05, 4.69) is 14.8 Å². The van der Waals surface area contributed by atoms with Crippen molar-refractivity contribution in [2.24, 2.45) is 14.1 Å². The van der Waals surface area contributed by atoms with Gasteiger partial charge in [0.1, 0.15) is 17.1 Å². The van der Waals surface area contributed by atoms with E-state index in [4.69, 9.17) is 10.5 Å². The summed E-state index contributed by atoms with van der Waals surface area (Å²) in [6.45, 7) is 1.71. The lowest BCUT2D eigenvalue weighted by Crippen LogP contribution is -2.42. The number of benzene rings is 1. The maximum absolute atomic E-state index is 13.3. The maximum atomic E-state index is 13.3. The number of hydrogen-bond acceptors (Lipinski definition) is 8. The summed E-state index contributed by atoms with van der Waals surface area (Å²) < 4.78 is 9.41. The van der Waals surface area contributed by atoms with Crippen molar-refractivity contribution in [2.75, 3.05) is 12.8 Å². The lowest BCUT2D eigenvalue weighted by molar-refractivity contribution is 0.0992. The SMILES string of the molecule is COc1ccc(-c2nnc(SC(C)C(=O)c3c(N)n(C)c(=O)n(C)c3=O)n2C2CCCCC2)cc1. The number of nitrogens with zero attached hydrogens (tertiary/aromatic N) is 5. The number of aromatic nitrogens is 5. The van der Waals surface area contributed by atoms with Crippen LogP contribution in [0.2, 0.25) is 0 Å². The van der Waals surface area contributed by atoms with Gasteiger partial charge in [0.25, 0.3) is 5.56 Å². The summed E-state index contributed by atoms with van der Waals surface area (Å²) in [5.41, 5.74) is 5.46. The molecule has 0 aliphatic heterocycles. The van der Waals surface area contributed by atoms with Crippen molar-refractivity contribution < 1.29 is 9.53 Å². The Balaban J connectivity index is 1.71. The van der Waals surface area contributed by atoms with E-state index < -0.39 is 22.3 Å². The first-order valence-corrected chi connectivity index (χ1v) is 12.5. The van der Waals surface area contributed by atoms with E-state index in [1.165, 1.54) is 32.3 Å². The van der Waals surface area contributed by atoms with Gasteiger partial charge in [0.2, 0.25) is 0 Å². The molecule has 0 radical (unpaired) electrons. The van der Waals surface area contributed by atoms with Crippen LogP contribution in [0.4, 0.5) is 5.82 Å². The van der Waals surface area contributed by atoms with Crippen LogP contribution < -0.4 is 21.7 Å². The number of ketones is 1. The van der Waals surface area contributed by atoms with Gasteiger partial charge in [0.15, 0.2) is 16.8 Å². The molecule has 0 bridgehead atoms. The number of rotatable bonds is 7. The van der Waals surface area contributed by atoms with Crippen LogP contribution in [0.1, 0.15) is 55.4 Å². The van der Waals surface area contributed by atoms with Crippen molar-refractivity contribution in [1.82, 2.24) is 23.9 Å². The predicted octanol–water partition coefficient (Wildman–Crippen LogP) is 2.80. The molecule has 186 valence electrons. The molecule has 2 N–H and O–H groups in total. The molecule has 2 heterocycles. The molecule has 3 aromatic rings. The summed E-state index contributed by atoms with van der Waals surface area (Å²) in [5, 5.41) is 8.87. The molecule has 1 aromatic carbocycles. The fraction of sp³-hybridized carbons (Fsp3) is 0.458. The molecule has 0 spiro atoms. The van der Waals surface area contributed by atoms with Gasteiger partial charge in [-0.15, -0.1) is 10.2 Å². The van der Waals surface area contributed by atoms with Crippen LogP contribution >= 0.6 is 11.8 Å². The van der Waals surface area contributed by atoms with Crippen LogP contribution in [-0.2, 0) is 14.1 Å². The van der Waals surface area contributed by atoms with E-state index in [9.17, 15) is 14.4 Å². The Morgan fingerprint density at radius 1 is 1.09 bits per heavy atom. The highest BCUT2D eigenvalue weighted by Crippen LogP contribution is 2.37. The number of methoxy groups -OCH3 is 1. The van der Waals surface area contributed by atoms with Crippen molar-refractivity contribution in [3.05, 3.63) is 50.7 Å². The van der Waals surface area contributed by atoms with Crippen LogP contribution in [0.15, 0.2) is 39.0 Å². The van der Waals surface area contributed by atoms with Gasteiger partial charge < -0.3 is 10.5 Å². The van der Waals surface area contributed by atoms with Gasteiger partial charge in [-0.2, -0.15) is 0 Å². The van der Waals surface area contributed by atoms with E-state index in [0.29, 0.717) is 5.16 Å². The molecule has 10 nitrogen and oxygen atoms in total. The third kappa shape index (κ3) is 4.64. The number of carbonyl (C=O) groups excluding carboxylic acids is 1. The average Bonchev–Trinajstić information content (AvgIpc) is 3.30. The van der Waals surface area contributed by atoms with Gasteiger partial charge in [-0.1, -0.05) is 31.0 Å². The first kappa shape index (κ1) is 24.8. The Bertz CT molecular complexity index is 1350. The standard InChI is InChI=1S/C24H30N6O4S/c1-14(19(31)18-20(25)28(2)24(33)29(3)22(18)32)35-23-27-26-21(15-10-12-17(34-4)13-11-15)30(23)16-8-6-5-7-9-16/h10-14,16H,5-9,25H2,1-4H3. The molecule has 0 amide bonds.